The van der Waals surface area contributed by atoms with E-state index < -0.39 is 5.97 Å². The SMILES string of the molecule is C=C(CN1CCN(C)C(C)C1)C(=O)O. The molecule has 0 amide bonds. The first-order valence-electron chi connectivity index (χ1n) is 4.84. The zero-order valence-electron chi connectivity index (χ0n) is 8.86. The number of carboxylic acid groups (broad SMARTS) is 1. The third-order valence-electron chi connectivity index (χ3n) is 2.76. The Hall–Kier alpha value is -0.870. The van der Waals surface area contributed by atoms with Gasteiger partial charge in [0.2, 0.25) is 0 Å². The fourth-order valence-electron chi connectivity index (χ4n) is 1.61. The molecular weight excluding hydrogens is 180 g/mol. The number of aliphatic carboxylic acids is 1. The van der Waals surface area contributed by atoms with Crippen molar-refractivity contribution in [2.75, 3.05) is 33.2 Å². The van der Waals surface area contributed by atoms with Gasteiger partial charge in [0, 0.05) is 37.8 Å². The molecule has 1 heterocycles. The topological polar surface area (TPSA) is 43.8 Å². The maximum Gasteiger partial charge on any atom is 0.332 e. The third-order valence-corrected chi connectivity index (χ3v) is 2.76. The number of rotatable bonds is 3. The van der Waals surface area contributed by atoms with Crippen LogP contribution in [0.1, 0.15) is 6.92 Å². The van der Waals surface area contributed by atoms with Crippen molar-refractivity contribution in [1.82, 2.24) is 9.80 Å². The van der Waals surface area contributed by atoms with Gasteiger partial charge in [0.05, 0.1) is 0 Å². The van der Waals surface area contributed by atoms with Crippen LogP contribution < -0.4 is 0 Å². The average molecular weight is 198 g/mol. The normalized spacial score (nSPS) is 24.9. The van der Waals surface area contributed by atoms with Crippen LogP contribution in [0.15, 0.2) is 12.2 Å². The van der Waals surface area contributed by atoms with Gasteiger partial charge in [0.25, 0.3) is 0 Å². The summed E-state index contributed by atoms with van der Waals surface area (Å²) in [7, 11) is 2.09. The maximum atomic E-state index is 10.6. The first-order valence-corrected chi connectivity index (χ1v) is 4.84. The Morgan fingerprint density at radius 1 is 1.57 bits per heavy atom. The number of likely N-dealkylation sites (N-methyl/N-ethyl adjacent to an activating group) is 1. The standard InChI is InChI=1S/C10H18N2O2/c1-8(10(13)14)6-12-5-4-11(3)9(2)7-12/h9H,1,4-7H2,2-3H3,(H,13,14). The number of hydrogen-bond acceptors (Lipinski definition) is 3. The molecule has 1 rings (SSSR count). The Morgan fingerprint density at radius 3 is 2.71 bits per heavy atom. The van der Waals surface area contributed by atoms with E-state index in [1.54, 1.807) is 0 Å². The van der Waals surface area contributed by atoms with Crippen molar-refractivity contribution in [3.05, 3.63) is 12.2 Å². The highest BCUT2D eigenvalue weighted by Gasteiger charge is 2.21. The van der Waals surface area contributed by atoms with E-state index in [4.69, 9.17) is 5.11 Å². The van der Waals surface area contributed by atoms with Crippen molar-refractivity contribution in [3.63, 3.8) is 0 Å². The predicted molar refractivity (Wildman–Crippen MR) is 55.3 cm³/mol. The Labute approximate surface area is 84.8 Å². The van der Waals surface area contributed by atoms with E-state index in [0.717, 1.165) is 19.6 Å². The lowest BCUT2D eigenvalue weighted by molar-refractivity contribution is -0.133. The van der Waals surface area contributed by atoms with Crippen molar-refractivity contribution in [1.29, 1.82) is 0 Å². The highest BCUT2D eigenvalue weighted by Crippen LogP contribution is 2.08. The van der Waals surface area contributed by atoms with E-state index in [0.29, 0.717) is 12.6 Å². The molecule has 0 aromatic rings. The molecule has 0 radical (unpaired) electrons. The molecule has 0 saturated carbocycles. The minimum Gasteiger partial charge on any atom is -0.478 e. The molecule has 4 heteroatoms. The summed E-state index contributed by atoms with van der Waals surface area (Å²) in [6, 6.07) is 0.491. The molecule has 14 heavy (non-hydrogen) atoms. The minimum atomic E-state index is -0.892. The molecular formula is C10H18N2O2. The molecule has 0 aromatic carbocycles. The second-order valence-electron chi connectivity index (χ2n) is 3.97. The van der Waals surface area contributed by atoms with E-state index in [9.17, 15) is 4.79 Å². The van der Waals surface area contributed by atoms with E-state index in [-0.39, 0.29) is 5.57 Å². The summed E-state index contributed by atoms with van der Waals surface area (Å²) >= 11 is 0. The van der Waals surface area contributed by atoms with Crippen LogP contribution in [0.5, 0.6) is 0 Å². The van der Waals surface area contributed by atoms with Crippen LogP contribution in [0.4, 0.5) is 0 Å². The minimum absolute atomic E-state index is 0.279. The van der Waals surface area contributed by atoms with Crippen molar-refractivity contribution >= 4 is 5.97 Å². The molecule has 1 N–H and O–H groups in total. The van der Waals surface area contributed by atoms with Crippen LogP contribution in [0.3, 0.4) is 0 Å². The van der Waals surface area contributed by atoms with Gasteiger partial charge >= 0.3 is 5.97 Å². The van der Waals surface area contributed by atoms with Crippen LogP contribution in [0.25, 0.3) is 0 Å². The molecule has 1 unspecified atom stereocenters. The summed E-state index contributed by atoms with van der Waals surface area (Å²) in [6.07, 6.45) is 0. The molecule has 80 valence electrons. The predicted octanol–water partition coefficient (Wildman–Crippen LogP) is 0.263. The van der Waals surface area contributed by atoms with Crippen molar-refractivity contribution in [2.45, 2.75) is 13.0 Å². The largest absolute Gasteiger partial charge is 0.478 e. The highest BCUT2D eigenvalue weighted by molar-refractivity contribution is 5.86. The summed E-state index contributed by atoms with van der Waals surface area (Å²) in [5, 5.41) is 8.69. The van der Waals surface area contributed by atoms with Crippen LogP contribution in [-0.2, 0) is 4.79 Å². The number of carbonyl (C=O) groups is 1. The summed E-state index contributed by atoms with van der Waals surface area (Å²) in [5.74, 6) is -0.892. The Morgan fingerprint density at radius 2 is 2.21 bits per heavy atom. The van der Waals surface area contributed by atoms with E-state index >= 15 is 0 Å². The lowest BCUT2D eigenvalue weighted by Crippen LogP contribution is -2.50. The molecule has 0 aliphatic carbocycles. The lowest BCUT2D eigenvalue weighted by Gasteiger charge is -2.37. The smallest absolute Gasteiger partial charge is 0.332 e. The van der Waals surface area contributed by atoms with Gasteiger partial charge in [-0.05, 0) is 14.0 Å². The third kappa shape index (κ3) is 2.82. The zero-order valence-corrected chi connectivity index (χ0v) is 8.86. The van der Waals surface area contributed by atoms with Crippen molar-refractivity contribution < 1.29 is 9.90 Å². The molecule has 1 aliphatic heterocycles. The van der Waals surface area contributed by atoms with Gasteiger partial charge in [-0.1, -0.05) is 6.58 Å². The van der Waals surface area contributed by atoms with Crippen LogP contribution >= 0.6 is 0 Å². The fraction of sp³-hybridized carbons (Fsp3) is 0.700. The van der Waals surface area contributed by atoms with Crippen molar-refractivity contribution in [2.24, 2.45) is 0 Å². The molecule has 1 aliphatic rings. The first kappa shape index (κ1) is 11.2. The monoisotopic (exact) mass is 198 g/mol. The van der Waals surface area contributed by atoms with E-state index in [1.807, 2.05) is 0 Å². The molecule has 0 spiro atoms. The molecule has 1 fully saturated rings. The average Bonchev–Trinajstić information content (AvgIpc) is 2.11. The second kappa shape index (κ2) is 4.57. The molecule has 1 saturated heterocycles. The number of hydrogen-bond donors (Lipinski definition) is 1. The van der Waals surface area contributed by atoms with Gasteiger partial charge in [-0.25, -0.2) is 4.79 Å². The quantitative estimate of drug-likeness (QED) is 0.661. The number of piperazine rings is 1. The fourth-order valence-corrected chi connectivity index (χ4v) is 1.61. The molecule has 1 atom stereocenters. The number of nitrogens with zero attached hydrogens (tertiary/aromatic N) is 2. The zero-order chi connectivity index (χ0) is 10.7. The molecule has 4 nitrogen and oxygen atoms in total. The van der Waals surface area contributed by atoms with Gasteiger partial charge < -0.3 is 10.0 Å². The van der Waals surface area contributed by atoms with Gasteiger partial charge in [-0.2, -0.15) is 0 Å². The Kier molecular flexibility index (Phi) is 3.66. The van der Waals surface area contributed by atoms with Gasteiger partial charge in [0.1, 0.15) is 0 Å². The van der Waals surface area contributed by atoms with Crippen molar-refractivity contribution in [3.8, 4) is 0 Å². The van der Waals surface area contributed by atoms with Crippen LogP contribution in [0.2, 0.25) is 0 Å². The van der Waals surface area contributed by atoms with Crippen LogP contribution in [-0.4, -0.2) is 60.1 Å². The second-order valence-corrected chi connectivity index (χ2v) is 3.97. The molecule has 0 bridgehead atoms. The Balaban J connectivity index is 2.40. The van der Waals surface area contributed by atoms with Crippen LogP contribution in [0, 0.1) is 0 Å². The summed E-state index contributed by atoms with van der Waals surface area (Å²) in [6.45, 7) is 9.00. The van der Waals surface area contributed by atoms with Gasteiger partial charge in [-0.15, -0.1) is 0 Å². The molecule has 0 aromatic heterocycles. The van der Waals surface area contributed by atoms with Gasteiger partial charge in [0.15, 0.2) is 0 Å². The lowest BCUT2D eigenvalue weighted by atomic mass is 10.2. The summed E-state index contributed by atoms with van der Waals surface area (Å²) in [5.41, 5.74) is 0.279. The maximum absolute atomic E-state index is 10.6. The Bertz CT molecular complexity index is 240. The number of carboxylic acids is 1. The van der Waals surface area contributed by atoms with E-state index in [2.05, 4.69) is 30.4 Å². The van der Waals surface area contributed by atoms with Gasteiger partial charge in [-0.3, -0.25) is 4.90 Å². The first-order chi connectivity index (χ1) is 6.50. The summed E-state index contributed by atoms with van der Waals surface area (Å²) < 4.78 is 0. The summed E-state index contributed by atoms with van der Waals surface area (Å²) in [4.78, 5) is 15.0. The highest BCUT2D eigenvalue weighted by atomic mass is 16.4. The van der Waals surface area contributed by atoms with E-state index in [1.165, 1.54) is 0 Å².